The Labute approximate surface area is 138 Å². The van der Waals surface area contributed by atoms with Crippen molar-refractivity contribution in [1.82, 2.24) is 15.1 Å². The zero-order chi connectivity index (χ0) is 16.8. The highest BCUT2D eigenvalue weighted by Crippen LogP contribution is 2.09. The zero-order valence-electron chi connectivity index (χ0n) is 14.3. The summed E-state index contributed by atoms with van der Waals surface area (Å²) in [4.78, 5) is 28.3. The Bertz CT molecular complexity index is 557. The minimum Gasteiger partial charge on any atom is -0.341 e. The fraction of sp³-hybridized carbons (Fsp3) is 0.556. The number of aryl methyl sites for hydroxylation is 1. The van der Waals surface area contributed by atoms with Crippen molar-refractivity contribution in [2.24, 2.45) is 0 Å². The molecule has 1 saturated heterocycles. The Balaban J connectivity index is 1.89. The van der Waals surface area contributed by atoms with Gasteiger partial charge in [-0.2, -0.15) is 0 Å². The van der Waals surface area contributed by atoms with Gasteiger partial charge in [-0.1, -0.05) is 29.8 Å². The van der Waals surface area contributed by atoms with Gasteiger partial charge in [0.15, 0.2) is 0 Å². The van der Waals surface area contributed by atoms with Crippen LogP contribution in [0.5, 0.6) is 0 Å². The monoisotopic (exact) mass is 317 g/mol. The van der Waals surface area contributed by atoms with E-state index >= 15 is 0 Å². The SMILES string of the molecule is Cc1cccc(CC(=O)N2CCCN(C(=O)NC(C)C)CC2)c1. The summed E-state index contributed by atoms with van der Waals surface area (Å²) in [7, 11) is 0. The van der Waals surface area contributed by atoms with Crippen LogP contribution in [0.25, 0.3) is 0 Å². The third-order valence-corrected chi connectivity index (χ3v) is 3.99. The predicted octanol–water partition coefficient (Wildman–Crippen LogP) is 2.19. The maximum Gasteiger partial charge on any atom is 0.317 e. The summed E-state index contributed by atoms with van der Waals surface area (Å²) in [5.41, 5.74) is 2.22. The van der Waals surface area contributed by atoms with Gasteiger partial charge in [0.1, 0.15) is 0 Å². The van der Waals surface area contributed by atoms with E-state index in [9.17, 15) is 9.59 Å². The number of urea groups is 1. The first-order valence-corrected chi connectivity index (χ1v) is 8.34. The minimum absolute atomic E-state index is 0.0343. The van der Waals surface area contributed by atoms with Gasteiger partial charge < -0.3 is 15.1 Å². The first-order valence-electron chi connectivity index (χ1n) is 8.34. The van der Waals surface area contributed by atoms with E-state index in [2.05, 4.69) is 11.4 Å². The van der Waals surface area contributed by atoms with E-state index in [-0.39, 0.29) is 18.0 Å². The Morgan fingerprint density at radius 1 is 1.13 bits per heavy atom. The molecule has 1 heterocycles. The highest BCUT2D eigenvalue weighted by Gasteiger charge is 2.22. The van der Waals surface area contributed by atoms with E-state index in [0.717, 1.165) is 18.5 Å². The van der Waals surface area contributed by atoms with E-state index in [1.807, 2.05) is 43.9 Å². The molecule has 1 fully saturated rings. The molecule has 0 bridgehead atoms. The lowest BCUT2D eigenvalue weighted by Crippen LogP contribution is -2.45. The van der Waals surface area contributed by atoms with Gasteiger partial charge in [-0.15, -0.1) is 0 Å². The molecule has 5 heteroatoms. The number of carbonyl (C=O) groups excluding carboxylic acids is 2. The average molecular weight is 317 g/mol. The van der Waals surface area contributed by atoms with Gasteiger partial charge in [0.2, 0.25) is 5.91 Å². The second-order valence-corrected chi connectivity index (χ2v) is 6.49. The fourth-order valence-corrected chi connectivity index (χ4v) is 2.82. The molecule has 1 aromatic carbocycles. The molecule has 3 amide bonds. The lowest BCUT2D eigenvalue weighted by atomic mass is 10.1. The lowest BCUT2D eigenvalue weighted by Gasteiger charge is -2.23. The molecule has 0 radical (unpaired) electrons. The second-order valence-electron chi connectivity index (χ2n) is 6.49. The van der Waals surface area contributed by atoms with Crippen LogP contribution in [0, 0.1) is 6.92 Å². The number of hydrogen-bond donors (Lipinski definition) is 1. The molecular weight excluding hydrogens is 290 g/mol. The molecule has 1 N–H and O–H groups in total. The molecule has 1 aromatic rings. The second kappa shape index (κ2) is 7.99. The van der Waals surface area contributed by atoms with E-state index in [1.54, 1.807) is 4.90 Å². The molecule has 0 spiro atoms. The number of nitrogens with zero attached hydrogens (tertiary/aromatic N) is 2. The lowest BCUT2D eigenvalue weighted by molar-refractivity contribution is -0.130. The van der Waals surface area contributed by atoms with E-state index in [4.69, 9.17) is 0 Å². The molecule has 1 aliphatic rings. The third-order valence-electron chi connectivity index (χ3n) is 3.99. The Morgan fingerprint density at radius 2 is 1.83 bits per heavy atom. The molecule has 0 saturated carbocycles. The molecule has 5 nitrogen and oxygen atoms in total. The van der Waals surface area contributed by atoms with Crippen LogP contribution in [-0.2, 0) is 11.2 Å². The Kier molecular flexibility index (Phi) is 6.02. The van der Waals surface area contributed by atoms with Crippen LogP contribution in [0.2, 0.25) is 0 Å². The van der Waals surface area contributed by atoms with Crippen LogP contribution in [0.3, 0.4) is 0 Å². The molecule has 0 unspecified atom stereocenters. The highest BCUT2D eigenvalue weighted by molar-refractivity contribution is 5.79. The third kappa shape index (κ3) is 5.27. The summed E-state index contributed by atoms with van der Waals surface area (Å²) in [5.74, 6) is 0.140. The number of hydrogen-bond acceptors (Lipinski definition) is 2. The van der Waals surface area contributed by atoms with Crippen molar-refractivity contribution in [2.75, 3.05) is 26.2 Å². The van der Waals surface area contributed by atoms with Gasteiger partial charge in [-0.25, -0.2) is 4.79 Å². The van der Waals surface area contributed by atoms with Crippen LogP contribution in [0.4, 0.5) is 4.79 Å². The number of amides is 3. The quantitative estimate of drug-likeness (QED) is 0.929. The Hall–Kier alpha value is -2.04. The van der Waals surface area contributed by atoms with Crippen molar-refractivity contribution in [3.63, 3.8) is 0 Å². The summed E-state index contributed by atoms with van der Waals surface area (Å²) in [6.45, 7) is 8.56. The molecule has 1 aliphatic heterocycles. The standard InChI is InChI=1S/C18H27N3O2/c1-14(2)19-18(23)21-9-5-8-20(10-11-21)17(22)13-16-7-4-6-15(3)12-16/h4,6-7,12,14H,5,8-11,13H2,1-3H3,(H,19,23). The molecule has 0 aliphatic carbocycles. The van der Waals surface area contributed by atoms with Crippen LogP contribution in [0.15, 0.2) is 24.3 Å². The smallest absolute Gasteiger partial charge is 0.317 e. The van der Waals surface area contributed by atoms with Gasteiger partial charge in [-0.05, 0) is 32.8 Å². The maximum atomic E-state index is 12.5. The number of rotatable bonds is 3. The van der Waals surface area contributed by atoms with Gasteiger partial charge in [0.25, 0.3) is 0 Å². The number of benzene rings is 1. The maximum absolute atomic E-state index is 12.5. The van der Waals surface area contributed by atoms with Crippen molar-refractivity contribution < 1.29 is 9.59 Å². The summed E-state index contributed by atoms with van der Waals surface area (Å²) < 4.78 is 0. The van der Waals surface area contributed by atoms with Gasteiger partial charge in [0.05, 0.1) is 6.42 Å². The predicted molar refractivity (Wildman–Crippen MR) is 91.3 cm³/mol. The van der Waals surface area contributed by atoms with Crippen molar-refractivity contribution >= 4 is 11.9 Å². The van der Waals surface area contributed by atoms with Crippen molar-refractivity contribution in [1.29, 1.82) is 0 Å². The largest absolute Gasteiger partial charge is 0.341 e. The minimum atomic E-state index is -0.0343. The summed E-state index contributed by atoms with van der Waals surface area (Å²) in [5, 5.41) is 2.91. The van der Waals surface area contributed by atoms with Gasteiger partial charge in [-0.3, -0.25) is 4.79 Å². The average Bonchev–Trinajstić information content (AvgIpc) is 2.72. The Morgan fingerprint density at radius 3 is 2.52 bits per heavy atom. The molecule has 0 aromatic heterocycles. The summed E-state index contributed by atoms with van der Waals surface area (Å²) in [6.07, 6.45) is 1.25. The van der Waals surface area contributed by atoms with E-state index in [1.165, 1.54) is 5.56 Å². The molecule has 126 valence electrons. The van der Waals surface area contributed by atoms with Crippen molar-refractivity contribution in [3.05, 3.63) is 35.4 Å². The molecule has 23 heavy (non-hydrogen) atoms. The van der Waals surface area contributed by atoms with Crippen LogP contribution in [0.1, 0.15) is 31.4 Å². The van der Waals surface area contributed by atoms with Crippen LogP contribution >= 0.6 is 0 Å². The normalized spacial score (nSPS) is 15.5. The fourth-order valence-electron chi connectivity index (χ4n) is 2.82. The first-order chi connectivity index (χ1) is 11.0. The van der Waals surface area contributed by atoms with Crippen LogP contribution < -0.4 is 5.32 Å². The van der Waals surface area contributed by atoms with Gasteiger partial charge in [0, 0.05) is 32.2 Å². The highest BCUT2D eigenvalue weighted by atomic mass is 16.2. The first kappa shape index (κ1) is 17.3. The molecule has 0 atom stereocenters. The van der Waals surface area contributed by atoms with E-state index in [0.29, 0.717) is 26.1 Å². The van der Waals surface area contributed by atoms with Crippen LogP contribution in [-0.4, -0.2) is 54.0 Å². The number of carbonyl (C=O) groups is 2. The molecule has 2 rings (SSSR count). The topological polar surface area (TPSA) is 52.7 Å². The molecular formula is C18H27N3O2. The number of nitrogens with one attached hydrogen (secondary N) is 1. The summed E-state index contributed by atoms with van der Waals surface area (Å²) >= 11 is 0. The van der Waals surface area contributed by atoms with E-state index < -0.39 is 0 Å². The zero-order valence-corrected chi connectivity index (χ0v) is 14.3. The van der Waals surface area contributed by atoms with Crippen molar-refractivity contribution in [3.8, 4) is 0 Å². The summed E-state index contributed by atoms with van der Waals surface area (Å²) in [6, 6.07) is 8.16. The van der Waals surface area contributed by atoms with Crippen molar-refractivity contribution in [2.45, 2.75) is 39.7 Å². The van der Waals surface area contributed by atoms with Gasteiger partial charge >= 0.3 is 6.03 Å².